The van der Waals surface area contributed by atoms with Crippen molar-refractivity contribution < 1.29 is 14.3 Å². The first-order chi connectivity index (χ1) is 11.7. The van der Waals surface area contributed by atoms with Crippen molar-refractivity contribution in [2.45, 2.75) is 38.3 Å². The smallest absolute Gasteiger partial charge is 0.266 e. The molecular formula is C20H21NO3. The second-order valence-corrected chi connectivity index (χ2v) is 5.99. The largest absolute Gasteiger partial charge is 0.476 e. The van der Waals surface area contributed by atoms with Gasteiger partial charge in [0.1, 0.15) is 5.75 Å². The molecule has 0 radical (unpaired) electrons. The molecule has 0 heterocycles. The second kappa shape index (κ2) is 7.30. The van der Waals surface area contributed by atoms with Crippen molar-refractivity contribution in [1.29, 1.82) is 0 Å². The lowest BCUT2D eigenvalue weighted by Gasteiger charge is -2.19. The third-order valence-corrected chi connectivity index (χ3v) is 4.02. The fourth-order valence-corrected chi connectivity index (χ4v) is 2.46. The first-order valence-electron chi connectivity index (χ1n) is 8.32. The van der Waals surface area contributed by atoms with Crippen LogP contribution in [0.25, 0.3) is 0 Å². The Morgan fingerprint density at radius 3 is 2.33 bits per heavy atom. The van der Waals surface area contributed by atoms with Gasteiger partial charge < -0.3 is 10.1 Å². The van der Waals surface area contributed by atoms with Crippen LogP contribution in [0, 0.1) is 0 Å². The Morgan fingerprint density at radius 2 is 1.75 bits per heavy atom. The van der Waals surface area contributed by atoms with Crippen molar-refractivity contribution in [2.75, 3.05) is 0 Å². The zero-order chi connectivity index (χ0) is 16.9. The Hall–Kier alpha value is -2.62. The fraction of sp³-hybridized carbons (Fsp3) is 0.300. The van der Waals surface area contributed by atoms with E-state index in [0.29, 0.717) is 17.7 Å². The monoisotopic (exact) mass is 323 g/mol. The van der Waals surface area contributed by atoms with Gasteiger partial charge in [-0.25, -0.2) is 0 Å². The van der Waals surface area contributed by atoms with E-state index in [1.165, 1.54) is 0 Å². The third-order valence-electron chi connectivity index (χ3n) is 4.02. The summed E-state index contributed by atoms with van der Waals surface area (Å²) in [6.07, 6.45) is 1.83. The Balaban J connectivity index is 1.78. The molecule has 2 aromatic carbocycles. The third kappa shape index (κ3) is 4.02. The van der Waals surface area contributed by atoms with Crippen molar-refractivity contribution in [3.05, 3.63) is 65.7 Å². The van der Waals surface area contributed by atoms with Gasteiger partial charge in [-0.05, 0) is 37.1 Å². The van der Waals surface area contributed by atoms with Crippen LogP contribution in [-0.2, 0) is 4.79 Å². The van der Waals surface area contributed by atoms with Crippen LogP contribution in [0.2, 0.25) is 0 Å². The van der Waals surface area contributed by atoms with Gasteiger partial charge in [0, 0.05) is 23.6 Å². The number of ketones is 1. The van der Waals surface area contributed by atoms with Crippen molar-refractivity contribution >= 4 is 11.7 Å². The van der Waals surface area contributed by atoms with Gasteiger partial charge in [-0.15, -0.1) is 0 Å². The van der Waals surface area contributed by atoms with Crippen LogP contribution in [0.3, 0.4) is 0 Å². The molecule has 1 amide bonds. The van der Waals surface area contributed by atoms with E-state index < -0.39 is 6.10 Å². The lowest BCUT2D eigenvalue weighted by Crippen LogP contribution is -2.33. The molecule has 1 saturated carbocycles. The average molecular weight is 323 g/mol. The van der Waals surface area contributed by atoms with E-state index in [1.54, 1.807) is 24.3 Å². The van der Waals surface area contributed by atoms with Crippen LogP contribution in [0.5, 0.6) is 5.75 Å². The molecule has 1 atom stereocenters. The van der Waals surface area contributed by atoms with E-state index >= 15 is 0 Å². The van der Waals surface area contributed by atoms with Gasteiger partial charge in [0.25, 0.3) is 5.91 Å². The number of hydrogen-bond acceptors (Lipinski definition) is 3. The number of carbonyl (C=O) groups excluding carboxylic acids is 2. The molecule has 3 rings (SSSR count). The maximum atomic E-state index is 12.5. The molecule has 2 aromatic rings. The summed E-state index contributed by atoms with van der Waals surface area (Å²) in [5.41, 5.74) is 1.47. The van der Waals surface area contributed by atoms with E-state index in [4.69, 9.17) is 4.74 Å². The van der Waals surface area contributed by atoms with Gasteiger partial charge in [0.2, 0.25) is 6.10 Å². The summed E-state index contributed by atoms with van der Waals surface area (Å²) in [6, 6.07) is 16.7. The number of Topliss-reactive ketones (excluding diaryl/α,β-unsaturated/α-hetero) is 1. The van der Waals surface area contributed by atoms with E-state index in [2.05, 4.69) is 5.32 Å². The lowest BCUT2D eigenvalue weighted by atomic mass is 10.1. The van der Waals surface area contributed by atoms with Gasteiger partial charge in [-0.2, -0.15) is 0 Å². The van der Waals surface area contributed by atoms with Crippen LogP contribution < -0.4 is 10.1 Å². The van der Waals surface area contributed by atoms with Gasteiger partial charge in [-0.1, -0.05) is 37.3 Å². The summed E-state index contributed by atoms with van der Waals surface area (Å²) in [7, 11) is 0. The predicted octanol–water partition coefficient (Wildman–Crippen LogP) is 3.68. The van der Waals surface area contributed by atoms with Gasteiger partial charge in [0.15, 0.2) is 5.78 Å². The standard InChI is InChI=1S/C20H21NO3/c1-2-18(22)14-8-12-17(13-9-14)24-19(15-6-4-3-5-7-15)20(23)21-16-10-11-16/h3-9,12-13,16,19H,2,10-11H2,1H3,(H,21,23)/t19-/m0/s1. The number of hydrogen-bond donors (Lipinski definition) is 1. The van der Waals surface area contributed by atoms with Crippen LogP contribution in [-0.4, -0.2) is 17.7 Å². The first kappa shape index (κ1) is 16.2. The van der Waals surface area contributed by atoms with E-state index in [-0.39, 0.29) is 17.7 Å². The molecule has 24 heavy (non-hydrogen) atoms. The van der Waals surface area contributed by atoms with Gasteiger partial charge in [0.05, 0.1) is 0 Å². The molecule has 124 valence electrons. The fourth-order valence-electron chi connectivity index (χ4n) is 2.46. The quantitative estimate of drug-likeness (QED) is 0.791. The molecule has 0 bridgehead atoms. The molecule has 4 nitrogen and oxygen atoms in total. The van der Waals surface area contributed by atoms with Gasteiger partial charge >= 0.3 is 0 Å². The van der Waals surface area contributed by atoms with Crippen LogP contribution >= 0.6 is 0 Å². The Labute approximate surface area is 141 Å². The SMILES string of the molecule is CCC(=O)c1ccc(O[C@H](C(=O)NC2CC2)c2ccccc2)cc1. The molecule has 1 N–H and O–H groups in total. The predicted molar refractivity (Wildman–Crippen MR) is 92.0 cm³/mol. The summed E-state index contributed by atoms with van der Waals surface area (Å²) in [6.45, 7) is 1.83. The van der Waals surface area contributed by atoms with Gasteiger partial charge in [-0.3, -0.25) is 9.59 Å². The summed E-state index contributed by atoms with van der Waals surface area (Å²) in [5.74, 6) is 0.535. The molecule has 1 aliphatic rings. The first-order valence-corrected chi connectivity index (χ1v) is 8.32. The summed E-state index contributed by atoms with van der Waals surface area (Å²) in [5, 5.41) is 2.99. The van der Waals surface area contributed by atoms with E-state index in [1.807, 2.05) is 37.3 Å². The number of rotatable bonds is 7. The minimum atomic E-state index is -0.695. The van der Waals surface area contributed by atoms with Crippen LogP contribution in [0.1, 0.15) is 48.2 Å². The number of nitrogens with one attached hydrogen (secondary N) is 1. The summed E-state index contributed by atoms with van der Waals surface area (Å²) >= 11 is 0. The zero-order valence-corrected chi connectivity index (χ0v) is 13.7. The highest BCUT2D eigenvalue weighted by Gasteiger charge is 2.29. The normalized spacial score (nSPS) is 14.7. The summed E-state index contributed by atoms with van der Waals surface area (Å²) in [4.78, 5) is 24.2. The Kier molecular flexibility index (Phi) is 4.94. The van der Waals surface area contributed by atoms with E-state index in [0.717, 1.165) is 18.4 Å². The highest BCUT2D eigenvalue weighted by Crippen LogP contribution is 2.25. The topological polar surface area (TPSA) is 55.4 Å². The van der Waals surface area contributed by atoms with Crippen molar-refractivity contribution in [1.82, 2.24) is 5.32 Å². The number of ether oxygens (including phenoxy) is 1. The van der Waals surface area contributed by atoms with Crippen LogP contribution in [0.15, 0.2) is 54.6 Å². The molecule has 4 heteroatoms. The Morgan fingerprint density at radius 1 is 1.08 bits per heavy atom. The lowest BCUT2D eigenvalue weighted by molar-refractivity contribution is -0.128. The van der Waals surface area contributed by atoms with Crippen molar-refractivity contribution in [2.24, 2.45) is 0 Å². The molecule has 0 unspecified atom stereocenters. The average Bonchev–Trinajstić information content (AvgIpc) is 3.44. The maximum absolute atomic E-state index is 12.5. The highest BCUT2D eigenvalue weighted by atomic mass is 16.5. The molecule has 0 spiro atoms. The maximum Gasteiger partial charge on any atom is 0.266 e. The molecule has 0 saturated heterocycles. The molecular weight excluding hydrogens is 302 g/mol. The second-order valence-electron chi connectivity index (χ2n) is 5.99. The summed E-state index contributed by atoms with van der Waals surface area (Å²) < 4.78 is 5.94. The van der Waals surface area contributed by atoms with Crippen LogP contribution in [0.4, 0.5) is 0 Å². The molecule has 1 fully saturated rings. The number of amides is 1. The minimum Gasteiger partial charge on any atom is -0.476 e. The molecule has 1 aliphatic carbocycles. The minimum absolute atomic E-state index is 0.0904. The van der Waals surface area contributed by atoms with E-state index in [9.17, 15) is 9.59 Å². The van der Waals surface area contributed by atoms with Crippen molar-refractivity contribution in [3.63, 3.8) is 0 Å². The number of benzene rings is 2. The zero-order valence-electron chi connectivity index (χ0n) is 13.7. The number of carbonyl (C=O) groups is 2. The Bertz CT molecular complexity index is 705. The van der Waals surface area contributed by atoms with Crippen molar-refractivity contribution in [3.8, 4) is 5.75 Å². The molecule has 0 aliphatic heterocycles. The molecule has 0 aromatic heterocycles. The highest BCUT2D eigenvalue weighted by molar-refractivity contribution is 5.95.